The molecule has 2 amide bonds. The van der Waals surface area contributed by atoms with E-state index in [1.165, 1.54) is 36.4 Å². The monoisotopic (exact) mass is 542 g/mol. The average Bonchev–Trinajstić information content (AvgIpc) is 3.16. The summed E-state index contributed by atoms with van der Waals surface area (Å²) >= 11 is 0. The number of likely N-dealkylation sites (tertiary alicyclic amines) is 1. The van der Waals surface area contributed by atoms with Crippen molar-refractivity contribution in [3.05, 3.63) is 65.7 Å². The van der Waals surface area contributed by atoms with Crippen molar-refractivity contribution in [2.75, 3.05) is 31.2 Å². The number of nitrogens with one attached hydrogen (secondary N) is 2. The first-order valence-electron chi connectivity index (χ1n) is 11.7. The molecule has 2 aliphatic rings. The maximum Gasteiger partial charge on any atom is 0.490 e. The number of carboxylic acid groups (broad SMARTS) is 1. The molecule has 0 aromatic heterocycles. The Bertz CT molecular complexity index is 1150. The van der Waals surface area contributed by atoms with E-state index in [0.29, 0.717) is 50.4 Å². The molecular formula is C25H27F5N4O4. The zero-order valence-corrected chi connectivity index (χ0v) is 20.4. The van der Waals surface area contributed by atoms with Gasteiger partial charge in [-0.2, -0.15) is 13.2 Å². The van der Waals surface area contributed by atoms with E-state index < -0.39 is 17.7 Å². The predicted molar refractivity (Wildman–Crippen MR) is 127 cm³/mol. The molecule has 3 N–H and O–H groups in total. The van der Waals surface area contributed by atoms with E-state index in [0.717, 1.165) is 0 Å². The Labute approximate surface area is 215 Å². The van der Waals surface area contributed by atoms with Crippen LogP contribution in [0.15, 0.2) is 48.5 Å². The first-order chi connectivity index (χ1) is 17.8. The highest BCUT2D eigenvalue weighted by Crippen LogP contribution is 2.36. The van der Waals surface area contributed by atoms with Gasteiger partial charge in [0.25, 0.3) is 5.91 Å². The SMILES string of the molecule is C[C@@H](CN1CCC2(CC1)C(=O)NCN2c1cccc(F)c1)NC(=O)c1ccc(F)cc1.O=C(O)C(F)(F)F. The minimum Gasteiger partial charge on any atom is -0.475 e. The van der Waals surface area contributed by atoms with Crippen LogP contribution in [-0.4, -0.2) is 71.9 Å². The Morgan fingerprint density at radius 3 is 2.24 bits per heavy atom. The summed E-state index contributed by atoms with van der Waals surface area (Å²) in [5, 5.41) is 13.0. The third kappa shape index (κ3) is 6.97. The number of aliphatic carboxylic acids is 1. The van der Waals surface area contributed by atoms with Gasteiger partial charge in [-0.3, -0.25) is 9.59 Å². The van der Waals surface area contributed by atoms with Crippen LogP contribution in [-0.2, 0) is 9.59 Å². The summed E-state index contributed by atoms with van der Waals surface area (Å²) in [6.45, 7) is 4.32. The number of nitrogens with zero attached hydrogens (tertiary/aromatic N) is 2. The standard InChI is InChI=1S/C23H26F2N4O2.C2HF3O2/c1-16(27-21(30)17-5-7-18(24)8-6-17)14-28-11-9-23(10-12-28)22(31)26-15-29(23)20-4-2-3-19(25)13-20;3-2(4,5)1(6)7/h2-8,13,16H,9-12,14-15H2,1H3,(H,26,31)(H,27,30);(H,6,7)/t16-;/m0./s1. The zero-order valence-electron chi connectivity index (χ0n) is 20.4. The summed E-state index contributed by atoms with van der Waals surface area (Å²) in [6, 6.07) is 11.7. The Balaban J connectivity index is 0.000000505. The lowest BCUT2D eigenvalue weighted by Gasteiger charge is -2.43. The van der Waals surface area contributed by atoms with Gasteiger partial charge in [0.1, 0.15) is 17.2 Å². The highest BCUT2D eigenvalue weighted by atomic mass is 19.4. The zero-order chi connectivity index (χ0) is 28.1. The second kappa shape index (κ2) is 11.8. The van der Waals surface area contributed by atoms with Gasteiger partial charge in [0.15, 0.2) is 0 Å². The maximum absolute atomic E-state index is 13.7. The lowest BCUT2D eigenvalue weighted by Crippen LogP contribution is -2.57. The quantitative estimate of drug-likeness (QED) is 0.502. The predicted octanol–water partition coefficient (Wildman–Crippen LogP) is 3.14. The number of carbonyl (C=O) groups excluding carboxylic acids is 2. The summed E-state index contributed by atoms with van der Waals surface area (Å²) in [5.41, 5.74) is 0.441. The second-order valence-corrected chi connectivity index (χ2v) is 9.09. The van der Waals surface area contributed by atoms with Crippen molar-refractivity contribution >= 4 is 23.5 Å². The van der Waals surface area contributed by atoms with Gasteiger partial charge >= 0.3 is 12.1 Å². The lowest BCUT2D eigenvalue weighted by atomic mass is 9.85. The Morgan fingerprint density at radius 2 is 1.68 bits per heavy atom. The molecular weight excluding hydrogens is 515 g/mol. The van der Waals surface area contributed by atoms with Gasteiger partial charge in [-0.1, -0.05) is 6.07 Å². The van der Waals surface area contributed by atoms with Crippen LogP contribution in [0.4, 0.5) is 27.6 Å². The van der Waals surface area contributed by atoms with Crippen LogP contribution in [0.5, 0.6) is 0 Å². The highest BCUT2D eigenvalue weighted by molar-refractivity contribution is 5.94. The molecule has 4 rings (SSSR count). The molecule has 0 bridgehead atoms. The van der Waals surface area contributed by atoms with Crippen molar-refractivity contribution in [3.63, 3.8) is 0 Å². The molecule has 0 aliphatic carbocycles. The number of anilines is 1. The molecule has 0 unspecified atom stereocenters. The molecule has 8 nitrogen and oxygen atoms in total. The average molecular weight is 543 g/mol. The van der Waals surface area contributed by atoms with E-state index in [1.54, 1.807) is 6.07 Å². The molecule has 2 heterocycles. The molecule has 38 heavy (non-hydrogen) atoms. The van der Waals surface area contributed by atoms with Crippen LogP contribution in [0.2, 0.25) is 0 Å². The third-order valence-electron chi connectivity index (χ3n) is 6.40. The van der Waals surface area contributed by atoms with Crippen LogP contribution < -0.4 is 15.5 Å². The first kappa shape index (κ1) is 28.8. The smallest absolute Gasteiger partial charge is 0.475 e. The van der Waals surface area contributed by atoms with Crippen molar-refractivity contribution in [1.82, 2.24) is 15.5 Å². The topological polar surface area (TPSA) is 102 Å². The van der Waals surface area contributed by atoms with Gasteiger partial charge in [0.05, 0.1) is 6.67 Å². The summed E-state index contributed by atoms with van der Waals surface area (Å²) in [5.74, 6) is -3.72. The number of hydrogen-bond acceptors (Lipinski definition) is 5. The summed E-state index contributed by atoms with van der Waals surface area (Å²) in [6.07, 6.45) is -3.85. The Hall–Kier alpha value is -3.74. The van der Waals surface area contributed by atoms with Crippen molar-refractivity contribution in [2.45, 2.75) is 37.5 Å². The number of hydrogen-bond donors (Lipinski definition) is 3. The molecule has 13 heteroatoms. The molecule has 1 spiro atoms. The lowest BCUT2D eigenvalue weighted by molar-refractivity contribution is -0.192. The minimum atomic E-state index is -5.08. The molecule has 206 valence electrons. The minimum absolute atomic E-state index is 0.0194. The van der Waals surface area contributed by atoms with Crippen LogP contribution in [0.3, 0.4) is 0 Å². The number of benzene rings is 2. The van der Waals surface area contributed by atoms with Crippen molar-refractivity contribution in [1.29, 1.82) is 0 Å². The molecule has 2 aromatic carbocycles. The fourth-order valence-corrected chi connectivity index (χ4v) is 4.52. The van der Waals surface area contributed by atoms with Crippen LogP contribution in [0.1, 0.15) is 30.1 Å². The van der Waals surface area contributed by atoms with Crippen molar-refractivity contribution in [2.24, 2.45) is 0 Å². The van der Waals surface area contributed by atoms with Gasteiger partial charge in [0, 0.05) is 36.9 Å². The van der Waals surface area contributed by atoms with Gasteiger partial charge < -0.3 is 25.5 Å². The van der Waals surface area contributed by atoms with E-state index in [9.17, 15) is 31.5 Å². The fourth-order valence-electron chi connectivity index (χ4n) is 4.52. The van der Waals surface area contributed by atoms with Gasteiger partial charge in [-0.25, -0.2) is 13.6 Å². The Morgan fingerprint density at radius 1 is 1.08 bits per heavy atom. The number of carbonyl (C=O) groups is 3. The molecule has 2 aromatic rings. The van der Waals surface area contributed by atoms with Gasteiger partial charge in [-0.15, -0.1) is 0 Å². The number of piperidine rings is 1. The summed E-state index contributed by atoms with van der Waals surface area (Å²) in [4.78, 5) is 38.1. The highest BCUT2D eigenvalue weighted by Gasteiger charge is 2.50. The van der Waals surface area contributed by atoms with Crippen LogP contribution >= 0.6 is 0 Å². The fraction of sp³-hybridized carbons (Fsp3) is 0.400. The summed E-state index contributed by atoms with van der Waals surface area (Å²) < 4.78 is 58.5. The summed E-state index contributed by atoms with van der Waals surface area (Å²) in [7, 11) is 0. The molecule has 2 saturated heterocycles. The van der Waals surface area contributed by atoms with E-state index in [1.807, 2.05) is 17.9 Å². The van der Waals surface area contributed by atoms with E-state index >= 15 is 0 Å². The van der Waals surface area contributed by atoms with Crippen molar-refractivity contribution < 1.29 is 41.4 Å². The number of halogens is 5. The normalized spacial score (nSPS) is 17.8. The van der Waals surface area contributed by atoms with Gasteiger partial charge in [-0.05, 0) is 62.2 Å². The first-order valence-corrected chi connectivity index (χ1v) is 11.7. The largest absolute Gasteiger partial charge is 0.490 e. The Kier molecular flexibility index (Phi) is 8.92. The van der Waals surface area contributed by atoms with Gasteiger partial charge in [0.2, 0.25) is 5.91 Å². The van der Waals surface area contributed by atoms with Crippen molar-refractivity contribution in [3.8, 4) is 0 Å². The number of rotatable bonds is 5. The van der Waals surface area contributed by atoms with E-state index in [2.05, 4.69) is 15.5 Å². The molecule has 1 atom stereocenters. The third-order valence-corrected chi connectivity index (χ3v) is 6.40. The number of amides is 2. The maximum atomic E-state index is 13.7. The molecule has 0 saturated carbocycles. The van der Waals surface area contributed by atoms with E-state index in [4.69, 9.17) is 9.90 Å². The molecule has 2 fully saturated rings. The number of alkyl halides is 3. The second-order valence-electron chi connectivity index (χ2n) is 9.09. The van der Waals surface area contributed by atoms with Crippen LogP contribution in [0.25, 0.3) is 0 Å². The molecule has 0 radical (unpaired) electrons. The van der Waals surface area contributed by atoms with Crippen LogP contribution in [0, 0.1) is 11.6 Å². The van der Waals surface area contributed by atoms with E-state index in [-0.39, 0.29) is 29.5 Å². The number of carboxylic acids is 1. The molecule has 2 aliphatic heterocycles.